The molecule has 1 heterocycles. The number of carbonyl (C=O) groups is 2. The molecule has 2 rings (SSSR count). The second-order valence-electron chi connectivity index (χ2n) is 6.97. The number of nitrogens with one attached hydrogen (secondary N) is 3. The summed E-state index contributed by atoms with van der Waals surface area (Å²) < 4.78 is 0. The normalized spacial score (nSPS) is 15.9. The fraction of sp³-hybridized carbons (Fsp3) is 0.600. The van der Waals surface area contributed by atoms with E-state index in [2.05, 4.69) is 50.0 Å². The highest BCUT2D eigenvalue weighted by Crippen LogP contribution is 2.15. The van der Waals surface area contributed by atoms with E-state index in [1.165, 1.54) is 5.69 Å². The molecule has 1 fully saturated rings. The lowest BCUT2D eigenvalue weighted by molar-refractivity contribution is -0.121. The number of piperazine rings is 1. The maximum Gasteiger partial charge on any atom is 0.314 e. The van der Waals surface area contributed by atoms with Crippen molar-refractivity contribution in [2.45, 2.75) is 32.7 Å². The molecule has 1 atom stereocenters. The van der Waals surface area contributed by atoms with E-state index in [4.69, 9.17) is 0 Å². The number of carbonyl (C=O) groups excluding carboxylic acids is 2. The molecule has 1 saturated heterocycles. The maximum absolute atomic E-state index is 11.8. The molecule has 150 valence electrons. The minimum Gasteiger partial charge on any atom is -0.369 e. The standard InChI is InChI=1S/C20H33N5O2/c1-3-17(2)23-19(26)9-10-21-20(27)22-11-12-24-13-15-25(16-14-24)18-7-5-4-6-8-18/h4-8,17H,3,9-16H2,1-2H3,(H,23,26)(H2,21,22,27). The van der Waals surface area contributed by atoms with Crippen LogP contribution in [0.3, 0.4) is 0 Å². The Kier molecular flexibility index (Phi) is 8.91. The van der Waals surface area contributed by atoms with Crippen LogP contribution in [-0.2, 0) is 4.79 Å². The summed E-state index contributed by atoms with van der Waals surface area (Å²) in [5.74, 6) is -0.0269. The zero-order valence-corrected chi connectivity index (χ0v) is 16.5. The lowest BCUT2D eigenvalue weighted by Crippen LogP contribution is -2.49. The molecule has 7 nitrogen and oxygen atoms in total. The highest BCUT2D eigenvalue weighted by molar-refractivity contribution is 5.78. The number of urea groups is 1. The van der Waals surface area contributed by atoms with Crippen molar-refractivity contribution in [3.63, 3.8) is 0 Å². The van der Waals surface area contributed by atoms with E-state index in [0.29, 0.717) is 19.5 Å². The van der Waals surface area contributed by atoms with Gasteiger partial charge < -0.3 is 20.9 Å². The van der Waals surface area contributed by atoms with E-state index >= 15 is 0 Å². The van der Waals surface area contributed by atoms with Crippen LogP contribution in [-0.4, -0.2) is 68.7 Å². The Morgan fingerprint density at radius 2 is 1.70 bits per heavy atom. The predicted octanol–water partition coefficient (Wildman–Crippen LogP) is 1.41. The fourth-order valence-electron chi connectivity index (χ4n) is 3.00. The smallest absolute Gasteiger partial charge is 0.314 e. The minimum atomic E-state index is -0.214. The lowest BCUT2D eigenvalue weighted by atomic mass is 10.2. The van der Waals surface area contributed by atoms with Crippen LogP contribution in [0.25, 0.3) is 0 Å². The van der Waals surface area contributed by atoms with E-state index in [9.17, 15) is 9.59 Å². The average Bonchev–Trinajstić information content (AvgIpc) is 2.69. The molecule has 1 aliphatic heterocycles. The summed E-state index contributed by atoms with van der Waals surface area (Å²) in [6.45, 7) is 9.78. The summed E-state index contributed by atoms with van der Waals surface area (Å²) in [5, 5.41) is 8.48. The third-order valence-corrected chi connectivity index (χ3v) is 4.86. The summed E-state index contributed by atoms with van der Waals surface area (Å²) in [7, 11) is 0. The van der Waals surface area contributed by atoms with E-state index in [0.717, 1.165) is 39.1 Å². The zero-order chi connectivity index (χ0) is 19.5. The predicted molar refractivity (Wildman–Crippen MR) is 109 cm³/mol. The van der Waals surface area contributed by atoms with Gasteiger partial charge in [0.1, 0.15) is 0 Å². The topological polar surface area (TPSA) is 76.7 Å². The molecule has 1 unspecified atom stereocenters. The Bertz CT molecular complexity index is 573. The van der Waals surface area contributed by atoms with Gasteiger partial charge in [0.05, 0.1) is 0 Å². The van der Waals surface area contributed by atoms with Crippen LogP contribution in [0.2, 0.25) is 0 Å². The van der Waals surface area contributed by atoms with E-state index in [1.54, 1.807) is 0 Å². The summed E-state index contributed by atoms with van der Waals surface area (Å²) in [6.07, 6.45) is 1.21. The minimum absolute atomic E-state index is 0.0269. The largest absolute Gasteiger partial charge is 0.369 e. The molecular formula is C20H33N5O2. The Morgan fingerprint density at radius 1 is 1.04 bits per heavy atom. The van der Waals surface area contributed by atoms with Crippen molar-refractivity contribution in [3.05, 3.63) is 30.3 Å². The molecule has 3 amide bonds. The van der Waals surface area contributed by atoms with Gasteiger partial charge in [-0.2, -0.15) is 0 Å². The van der Waals surface area contributed by atoms with Crippen molar-refractivity contribution in [1.82, 2.24) is 20.9 Å². The Morgan fingerprint density at radius 3 is 2.37 bits per heavy atom. The molecule has 1 aliphatic rings. The van der Waals surface area contributed by atoms with Crippen LogP contribution in [0.4, 0.5) is 10.5 Å². The van der Waals surface area contributed by atoms with Crippen molar-refractivity contribution in [2.24, 2.45) is 0 Å². The first kappa shape index (κ1) is 21.0. The lowest BCUT2D eigenvalue weighted by Gasteiger charge is -2.36. The fourth-order valence-corrected chi connectivity index (χ4v) is 3.00. The van der Waals surface area contributed by atoms with Gasteiger partial charge in [-0.3, -0.25) is 9.69 Å². The number of hydrogen-bond donors (Lipinski definition) is 3. The second kappa shape index (κ2) is 11.4. The van der Waals surface area contributed by atoms with Gasteiger partial charge in [0, 0.05) is 64.0 Å². The number of rotatable bonds is 9. The van der Waals surface area contributed by atoms with Gasteiger partial charge in [-0.05, 0) is 25.5 Å². The molecule has 0 saturated carbocycles. The number of benzene rings is 1. The first-order valence-electron chi connectivity index (χ1n) is 9.92. The molecule has 0 aromatic heterocycles. The molecule has 7 heteroatoms. The maximum atomic E-state index is 11.8. The SMILES string of the molecule is CCC(C)NC(=O)CCNC(=O)NCCN1CCN(c2ccccc2)CC1. The van der Waals surface area contributed by atoms with Gasteiger partial charge in [0.25, 0.3) is 0 Å². The summed E-state index contributed by atoms with van der Waals surface area (Å²) in [5.41, 5.74) is 1.27. The van der Waals surface area contributed by atoms with Gasteiger partial charge in [0.2, 0.25) is 5.91 Å². The molecule has 0 radical (unpaired) electrons. The third-order valence-electron chi connectivity index (χ3n) is 4.86. The summed E-state index contributed by atoms with van der Waals surface area (Å²) in [6, 6.07) is 10.4. The Balaban J connectivity index is 1.52. The zero-order valence-electron chi connectivity index (χ0n) is 16.5. The first-order chi connectivity index (χ1) is 13.1. The quantitative estimate of drug-likeness (QED) is 0.610. The van der Waals surface area contributed by atoms with Crippen LogP contribution in [0, 0.1) is 0 Å². The van der Waals surface area contributed by atoms with E-state index in [-0.39, 0.29) is 18.0 Å². The van der Waals surface area contributed by atoms with Gasteiger partial charge in [-0.1, -0.05) is 25.1 Å². The van der Waals surface area contributed by atoms with Gasteiger partial charge in [-0.15, -0.1) is 0 Å². The van der Waals surface area contributed by atoms with Gasteiger partial charge >= 0.3 is 6.03 Å². The number of amides is 3. The van der Waals surface area contributed by atoms with Crippen LogP contribution in [0.1, 0.15) is 26.7 Å². The highest BCUT2D eigenvalue weighted by atomic mass is 16.2. The van der Waals surface area contributed by atoms with Crippen LogP contribution in [0.15, 0.2) is 30.3 Å². The van der Waals surface area contributed by atoms with Crippen LogP contribution >= 0.6 is 0 Å². The third kappa shape index (κ3) is 7.86. The molecule has 27 heavy (non-hydrogen) atoms. The summed E-state index contributed by atoms with van der Waals surface area (Å²) >= 11 is 0. The van der Waals surface area contributed by atoms with E-state index in [1.807, 2.05) is 19.9 Å². The molecule has 0 spiro atoms. The van der Waals surface area contributed by atoms with Crippen molar-refractivity contribution in [1.29, 1.82) is 0 Å². The molecule has 0 bridgehead atoms. The highest BCUT2D eigenvalue weighted by Gasteiger charge is 2.16. The number of nitrogens with zero attached hydrogens (tertiary/aromatic N) is 2. The van der Waals surface area contributed by atoms with Gasteiger partial charge in [-0.25, -0.2) is 4.79 Å². The van der Waals surface area contributed by atoms with Crippen molar-refractivity contribution in [3.8, 4) is 0 Å². The van der Waals surface area contributed by atoms with Crippen LogP contribution < -0.4 is 20.9 Å². The molecule has 3 N–H and O–H groups in total. The van der Waals surface area contributed by atoms with E-state index < -0.39 is 0 Å². The number of para-hydroxylation sites is 1. The monoisotopic (exact) mass is 375 g/mol. The average molecular weight is 376 g/mol. The molecular weight excluding hydrogens is 342 g/mol. The number of anilines is 1. The first-order valence-corrected chi connectivity index (χ1v) is 9.92. The Hall–Kier alpha value is -2.28. The van der Waals surface area contributed by atoms with Crippen molar-refractivity contribution >= 4 is 17.6 Å². The van der Waals surface area contributed by atoms with Crippen molar-refractivity contribution < 1.29 is 9.59 Å². The molecule has 1 aromatic rings. The second-order valence-corrected chi connectivity index (χ2v) is 6.97. The van der Waals surface area contributed by atoms with Crippen LogP contribution in [0.5, 0.6) is 0 Å². The Labute approximate surface area is 162 Å². The number of hydrogen-bond acceptors (Lipinski definition) is 4. The van der Waals surface area contributed by atoms with Gasteiger partial charge in [0.15, 0.2) is 0 Å². The molecule has 1 aromatic carbocycles. The van der Waals surface area contributed by atoms with Crippen molar-refractivity contribution in [2.75, 3.05) is 50.7 Å². The summed E-state index contributed by atoms with van der Waals surface area (Å²) in [4.78, 5) is 28.2. The molecule has 0 aliphatic carbocycles.